The van der Waals surface area contributed by atoms with Gasteiger partial charge in [0.1, 0.15) is 0 Å². The number of hydrogen-bond acceptors (Lipinski definition) is 3. The highest BCUT2D eigenvalue weighted by Crippen LogP contribution is 2.23. The van der Waals surface area contributed by atoms with Gasteiger partial charge in [-0.2, -0.15) is 0 Å². The standard InChI is InChI=1S/C12H14N2S/c1-2-4-11-10(3-1)14-12(15-11)6-5-9-7-13-8-9/h1-4,9,13H,5-8H2. The lowest BCUT2D eigenvalue weighted by Crippen LogP contribution is -2.42. The molecule has 1 saturated heterocycles. The lowest BCUT2D eigenvalue weighted by Gasteiger charge is -2.26. The minimum atomic E-state index is 0.886. The normalized spacial score (nSPS) is 16.8. The molecule has 0 aliphatic carbocycles. The van der Waals surface area contributed by atoms with E-state index in [1.54, 1.807) is 0 Å². The largest absolute Gasteiger partial charge is 0.316 e. The zero-order valence-electron chi connectivity index (χ0n) is 8.57. The Morgan fingerprint density at radius 3 is 2.93 bits per heavy atom. The summed E-state index contributed by atoms with van der Waals surface area (Å²) in [6.45, 7) is 2.40. The molecule has 1 aliphatic rings. The van der Waals surface area contributed by atoms with E-state index in [-0.39, 0.29) is 0 Å². The number of aryl methyl sites for hydroxylation is 1. The second-order valence-corrected chi connectivity index (χ2v) is 5.25. The Balaban J connectivity index is 1.73. The summed E-state index contributed by atoms with van der Waals surface area (Å²) >= 11 is 1.84. The van der Waals surface area contributed by atoms with Gasteiger partial charge in [-0.1, -0.05) is 12.1 Å². The van der Waals surface area contributed by atoms with E-state index in [1.165, 1.54) is 29.2 Å². The van der Waals surface area contributed by atoms with Gasteiger partial charge in [0, 0.05) is 0 Å². The van der Waals surface area contributed by atoms with Crippen LogP contribution in [0.1, 0.15) is 11.4 Å². The number of thiazole rings is 1. The predicted molar refractivity (Wildman–Crippen MR) is 64.3 cm³/mol. The van der Waals surface area contributed by atoms with E-state index in [1.807, 2.05) is 11.3 Å². The Morgan fingerprint density at radius 1 is 1.33 bits per heavy atom. The van der Waals surface area contributed by atoms with E-state index in [0.717, 1.165) is 17.9 Å². The van der Waals surface area contributed by atoms with Gasteiger partial charge in [-0.05, 0) is 44.0 Å². The van der Waals surface area contributed by atoms with Crippen LogP contribution in [0.3, 0.4) is 0 Å². The highest BCUT2D eigenvalue weighted by molar-refractivity contribution is 7.18. The molecular formula is C12H14N2S. The van der Waals surface area contributed by atoms with Gasteiger partial charge in [0.15, 0.2) is 0 Å². The lowest BCUT2D eigenvalue weighted by atomic mass is 9.98. The van der Waals surface area contributed by atoms with E-state index in [4.69, 9.17) is 0 Å². The molecule has 0 unspecified atom stereocenters. The Hall–Kier alpha value is -0.930. The minimum absolute atomic E-state index is 0.886. The summed E-state index contributed by atoms with van der Waals surface area (Å²) in [5, 5.41) is 4.60. The molecule has 0 amide bonds. The summed E-state index contributed by atoms with van der Waals surface area (Å²) < 4.78 is 1.32. The first-order valence-electron chi connectivity index (χ1n) is 5.47. The summed E-state index contributed by atoms with van der Waals surface area (Å²) in [7, 11) is 0. The fourth-order valence-corrected chi connectivity index (χ4v) is 2.89. The van der Waals surface area contributed by atoms with E-state index >= 15 is 0 Å². The van der Waals surface area contributed by atoms with E-state index in [9.17, 15) is 0 Å². The van der Waals surface area contributed by atoms with E-state index < -0.39 is 0 Å². The molecule has 2 aromatic rings. The van der Waals surface area contributed by atoms with Crippen LogP contribution < -0.4 is 5.32 Å². The lowest BCUT2D eigenvalue weighted by molar-refractivity contribution is 0.328. The first kappa shape index (κ1) is 9.31. The number of aromatic nitrogens is 1. The molecule has 1 aromatic heterocycles. The van der Waals surface area contributed by atoms with Crippen molar-refractivity contribution in [2.45, 2.75) is 12.8 Å². The Bertz CT molecular complexity index is 426. The molecule has 1 fully saturated rings. The van der Waals surface area contributed by atoms with Crippen molar-refractivity contribution >= 4 is 21.6 Å². The van der Waals surface area contributed by atoms with Crippen LogP contribution in [0.2, 0.25) is 0 Å². The maximum absolute atomic E-state index is 4.64. The van der Waals surface area contributed by atoms with Gasteiger partial charge in [0.25, 0.3) is 0 Å². The van der Waals surface area contributed by atoms with Crippen molar-refractivity contribution < 1.29 is 0 Å². The third kappa shape index (κ3) is 1.90. The second kappa shape index (κ2) is 3.91. The molecule has 0 spiro atoms. The summed E-state index contributed by atoms with van der Waals surface area (Å²) in [5.41, 5.74) is 1.16. The van der Waals surface area contributed by atoms with Crippen molar-refractivity contribution in [1.29, 1.82) is 0 Å². The number of nitrogens with zero attached hydrogens (tertiary/aromatic N) is 1. The SMILES string of the molecule is c1ccc2sc(CCC3CNC3)nc2c1. The van der Waals surface area contributed by atoms with Gasteiger partial charge in [-0.15, -0.1) is 11.3 Å². The molecule has 1 aromatic carbocycles. The molecular weight excluding hydrogens is 204 g/mol. The molecule has 15 heavy (non-hydrogen) atoms. The first-order valence-corrected chi connectivity index (χ1v) is 6.28. The predicted octanol–water partition coefficient (Wildman–Crippen LogP) is 2.45. The zero-order chi connectivity index (χ0) is 10.1. The number of fused-ring (bicyclic) bond motifs is 1. The van der Waals surface area contributed by atoms with Crippen LogP contribution in [0.4, 0.5) is 0 Å². The van der Waals surface area contributed by atoms with E-state index in [2.05, 4.69) is 34.6 Å². The van der Waals surface area contributed by atoms with Crippen molar-refractivity contribution in [3.05, 3.63) is 29.3 Å². The van der Waals surface area contributed by atoms with Crippen LogP contribution in [-0.4, -0.2) is 18.1 Å². The van der Waals surface area contributed by atoms with Crippen molar-refractivity contribution in [1.82, 2.24) is 10.3 Å². The quantitative estimate of drug-likeness (QED) is 0.856. The molecule has 0 atom stereocenters. The topological polar surface area (TPSA) is 24.9 Å². The fourth-order valence-electron chi connectivity index (χ4n) is 1.91. The maximum Gasteiger partial charge on any atom is 0.0938 e. The second-order valence-electron chi connectivity index (χ2n) is 4.14. The average Bonchev–Trinajstić information content (AvgIpc) is 2.57. The number of nitrogens with one attached hydrogen (secondary N) is 1. The van der Waals surface area contributed by atoms with Gasteiger partial charge in [-0.25, -0.2) is 4.98 Å². The molecule has 2 nitrogen and oxygen atoms in total. The molecule has 3 rings (SSSR count). The van der Waals surface area contributed by atoms with Crippen LogP contribution in [0, 0.1) is 5.92 Å². The van der Waals surface area contributed by atoms with E-state index in [0.29, 0.717) is 0 Å². The molecule has 0 bridgehead atoms. The average molecular weight is 218 g/mol. The number of rotatable bonds is 3. The zero-order valence-corrected chi connectivity index (χ0v) is 9.39. The van der Waals surface area contributed by atoms with Crippen molar-refractivity contribution in [2.75, 3.05) is 13.1 Å². The Kier molecular flexibility index (Phi) is 2.43. The van der Waals surface area contributed by atoms with Crippen LogP contribution in [-0.2, 0) is 6.42 Å². The number of para-hydroxylation sites is 1. The number of hydrogen-bond donors (Lipinski definition) is 1. The third-order valence-electron chi connectivity index (χ3n) is 2.97. The van der Waals surface area contributed by atoms with Crippen LogP contribution in [0.15, 0.2) is 24.3 Å². The summed E-state index contributed by atoms with van der Waals surface area (Å²) in [5.74, 6) is 0.886. The van der Waals surface area contributed by atoms with Crippen LogP contribution >= 0.6 is 11.3 Å². The van der Waals surface area contributed by atoms with Crippen molar-refractivity contribution in [2.24, 2.45) is 5.92 Å². The highest BCUT2D eigenvalue weighted by atomic mass is 32.1. The molecule has 1 N–H and O–H groups in total. The Morgan fingerprint density at radius 2 is 2.20 bits per heavy atom. The molecule has 78 valence electrons. The molecule has 1 aliphatic heterocycles. The summed E-state index contributed by atoms with van der Waals surface area (Å²) in [4.78, 5) is 4.64. The van der Waals surface area contributed by atoms with Crippen LogP contribution in [0.25, 0.3) is 10.2 Å². The van der Waals surface area contributed by atoms with Crippen LogP contribution in [0.5, 0.6) is 0 Å². The summed E-state index contributed by atoms with van der Waals surface area (Å²) in [6.07, 6.45) is 2.43. The van der Waals surface area contributed by atoms with Gasteiger partial charge >= 0.3 is 0 Å². The first-order chi connectivity index (χ1) is 7.42. The van der Waals surface area contributed by atoms with Gasteiger partial charge in [0.05, 0.1) is 15.2 Å². The maximum atomic E-state index is 4.64. The summed E-state index contributed by atoms with van der Waals surface area (Å²) in [6, 6.07) is 8.39. The van der Waals surface area contributed by atoms with Crippen molar-refractivity contribution in [3.8, 4) is 0 Å². The molecule has 0 radical (unpaired) electrons. The minimum Gasteiger partial charge on any atom is -0.316 e. The molecule has 3 heteroatoms. The van der Waals surface area contributed by atoms with Gasteiger partial charge < -0.3 is 5.32 Å². The molecule has 2 heterocycles. The number of benzene rings is 1. The monoisotopic (exact) mass is 218 g/mol. The Labute approximate surface area is 93.3 Å². The smallest absolute Gasteiger partial charge is 0.0938 e. The highest BCUT2D eigenvalue weighted by Gasteiger charge is 2.16. The fraction of sp³-hybridized carbons (Fsp3) is 0.417. The van der Waals surface area contributed by atoms with Gasteiger partial charge in [0.2, 0.25) is 0 Å². The third-order valence-corrected chi connectivity index (χ3v) is 4.07. The molecule has 0 saturated carbocycles. The van der Waals surface area contributed by atoms with Crippen molar-refractivity contribution in [3.63, 3.8) is 0 Å². The van der Waals surface area contributed by atoms with Gasteiger partial charge in [-0.3, -0.25) is 0 Å².